The molecule has 3 rings (SSSR count). The van der Waals surface area contributed by atoms with Gasteiger partial charge in [-0.25, -0.2) is 8.42 Å². The van der Waals surface area contributed by atoms with E-state index in [4.69, 9.17) is 4.74 Å². The molecule has 0 aliphatic carbocycles. The number of nitrogens with zero attached hydrogens (tertiary/aromatic N) is 2. The molecule has 1 fully saturated rings. The first-order valence-electron chi connectivity index (χ1n) is 7.61. The Labute approximate surface area is 137 Å². The Hall–Kier alpha value is -1.92. The Kier molecular flexibility index (Phi) is 4.37. The summed E-state index contributed by atoms with van der Waals surface area (Å²) in [6.07, 6.45) is 3.88. The van der Waals surface area contributed by atoms with E-state index in [9.17, 15) is 8.42 Å². The van der Waals surface area contributed by atoms with Crippen molar-refractivity contribution in [2.45, 2.75) is 31.3 Å². The number of aryl methyl sites for hydroxylation is 2. The molecular weight excluding hydrogens is 312 g/mol. The van der Waals surface area contributed by atoms with Gasteiger partial charge in [0, 0.05) is 18.9 Å². The molecule has 0 radical (unpaired) electrons. The molecule has 122 valence electrons. The normalized spacial score (nSPS) is 19.0. The lowest BCUT2D eigenvalue weighted by Crippen LogP contribution is -2.31. The summed E-state index contributed by atoms with van der Waals surface area (Å²) in [4.78, 5) is 4.29. The van der Waals surface area contributed by atoms with Crippen LogP contribution in [0.2, 0.25) is 0 Å². The van der Waals surface area contributed by atoms with Gasteiger partial charge in [0.25, 0.3) is 0 Å². The number of rotatable bonds is 4. The van der Waals surface area contributed by atoms with Crippen molar-refractivity contribution in [2.24, 2.45) is 0 Å². The zero-order valence-corrected chi connectivity index (χ0v) is 14.1. The van der Waals surface area contributed by atoms with E-state index in [1.807, 2.05) is 19.9 Å². The summed E-state index contributed by atoms with van der Waals surface area (Å²) in [6, 6.07) is 8.82. The van der Waals surface area contributed by atoms with Crippen LogP contribution in [0.1, 0.15) is 17.5 Å². The van der Waals surface area contributed by atoms with Gasteiger partial charge in [-0.3, -0.25) is 4.98 Å². The summed E-state index contributed by atoms with van der Waals surface area (Å²) >= 11 is 0. The first kappa shape index (κ1) is 16.0. The molecule has 5 nitrogen and oxygen atoms in total. The Morgan fingerprint density at radius 3 is 2.57 bits per heavy atom. The topological polar surface area (TPSA) is 59.5 Å². The summed E-state index contributed by atoms with van der Waals surface area (Å²) in [7, 11) is -3.46. The van der Waals surface area contributed by atoms with Gasteiger partial charge in [0.15, 0.2) is 0 Å². The molecule has 1 unspecified atom stereocenters. The molecule has 1 saturated heterocycles. The minimum atomic E-state index is -3.46. The van der Waals surface area contributed by atoms with Crippen molar-refractivity contribution in [3.63, 3.8) is 0 Å². The van der Waals surface area contributed by atoms with E-state index in [1.54, 1.807) is 36.7 Å². The van der Waals surface area contributed by atoms with Crippen molar-refractivity contribution in [3.05, 3.63) is 53.9 Å². The van der Waals surface area contributed by atoms with Gasteiger partial charge < -0.3 is 4.74 Å². The zero-order valence-electron chi connectivity index (χ0n) is 13.3. The fraction of sp³-hybridized carbons (Fsp3) is 0.353. The van der Waals surface area contributed by atoms with Gasteiger partial charge in [0.05, 0.1) is 11.4 Å². The SMILES string of the molecule is Cc1ccc(S(=O)(=O)N2CCC(Oc3ccncc3)C2)cc1C. The molecule has 0 spiro atoms. The van der Waals surface area contributed by atoms with Crippen molar-refractivity contribution in [1.82, 2.24) is 9.29 Å². The average Bonchev–Trinajstić information content (AvgIpc) is 3.00. The standard InChI is InChI=1S/C17H20N2O3S/c1-13-3-4-17(11-14(13)2)23(20,21)19-10-7-16(12-19)22-15-5-8-18-9-6-15/h3-6,8-9,11,16H,7,10,12H2,1-2H3. The van der Waals surface area contributed by atoms with Crippen LogP contribution in [0.25, 0.3) is 0 Å². The summed E-state index contributed by atoms with van der Waals surface area (Å²) in [5, 5.41) is 0. The highest BCUT2D eigenvalue weighted by Crippen LogP contribution is 2.25. The Morgan fingerprint density at radius 2 is 1.87 bits per heavy atom. The number of pyridine rings is 1. The van der Waals surface area contributed by atoms with Crippen LogP contribution in [0.4, 0.5) is 0 Å². The van der Waals surface area contributed by atoms with Crippen LogP contribution < -0.4 is 4.74 Å². The molecule has 23 heavy (non-hydrogen) atoms. The quantitative estimate of drug-likeness (QED) is 0.863. The lowest BCUT2D eigenvalue weighted by atomic mass is 10.1. The van der Waals surface area contributed by atoms with Crippen molar-refractivity contribution < 1.29 is 13.2 Å². The smallest absolute Gasteiger partial charge is 0.243 e. The largest absolute Gasteiger partial charge is 0.489 e. The van der Waals surface area contributed by atoms with Crippen molar-refractivity contribution in [1.29, 1.82) is 0 Å². The molecule has 1 atom stereocenters. The summed E-state index contributed by atoms with van der Waals surface area (Å²) < 4.78 is 32.8. The second-order valence-corrected chi connectivity index (χ2v) is 7.76. The van der Waals surface area contributed by atoms with Crippen LogP contribution in [0, 0.1) is 13.8 Å². The van der Waals surface area contributed by atoms with Crippen LogP contribution in [0.15, 0.2) is 47.6 Å². The van der Waals surface area contributed by atoms with E-state index < -0.39 is 10.0 Å². The van der Waals surface area contributed by atoms with Crippen LogP contribution in [-0.4, -0.2) is 36.9 Å². The van der Waals surface area contributed by atoms with Crippen LogP contribution in [-0.2, 0) is 10.0 Å². The van der Waals surface area contributed by atoms with E-state index in [0.29, 0.717) is 24.4 Å². The second kappa shape index (κ2) is 6.29. The monoisotopic (exact) mass is 332 g/mol. The van der Waals surface area contributed by atoms with Crippen molar-refractivity contribution in [3.8, 4) is 5.75 Å². The lowest BCUT2D eigenvalue weighted by Gasteiger charge is -2.18. The van der Waals surface area contributed by atoms with Gasteiger partial charge in [-0.15, -0.1) is 0 Å². The molecule has 0 amide bonds. The summed E-state index contributed by atoms with van der Waals surface area (Å²) in [5.74, 6) is 0.718. The molecule has 0 saturated carbocycles. The number of sulfonamides is 1. The first-order chi connectivity index (χ1) is 11.0. The molecule has 6 heteroatoms. The van der Waals surface area contributed by atoms with Crippen LogP contribution in [0.3, 0.4) is 0 Å². The maximum atomic E-state index is 12.8. The van der Waals surface area contributed by atoms with Gasteiger partial charge in [-0.2, -0.15) is 4.31 Å². The van der Waals surface area contributed by atoms with E-state index in [0.717, 1.165) is 16.9 Å². The highest BCUT2D eigenvalue weighted by molar-refractivity contribution is 7.89. The molecule has 2 heterocycles. The molecule has 1 aromatic heterocycles. The Bertz CT molecular complexity index is 791. The van der Waals surface area contributed by atoms with Gasteiger partial charge in [0.1, 0.15) is 11.9 Å². The minimum absolute atomic E-state index is 0.126. The molecule has 1 aliphatic rings. The maximum Gasteiger partial charge on any atom is 0.243 e. The lowest BCUT2D eigenvalue weighted by molar-refractivity contribution is 0.215. The molecular formula is C17H20N2O3S. The number of ether oxygens (including phenoxy) is 1. The predicted octanol–water partition coefficient (Wildman–Crippen LogP) is 2.54. The summed E-state index contributed by atoms with van der Waals surface area (Å²) in [5.41, 5.74) is 2.07. The predicted molar refractivity (Wildman–Crippen MR) is 87.9 cm³/mol. The maximum absolute atomic E-state index is 12.8. The average molecular weight is 332 g/mol. The van der Waals surface area contributed by atoms with E-state index in [2.05, 4.69) is 4.98 Å². The van der Waals surface area contributed by atoms with E-state index >= 15 is 0 Å². The van der Waals surface area contributed by atoms with Gasteiger partial charge in [-0.05, 0) is 55.7 Å². The van der Waals surface area contributed by atoms with Crippen LogP contribution >= 0.6 is 0 Å². The number of hydrogen-bond donors (Lipinski definition) is 0. The van der Waals surface area contributed by atoms with Gasteiger partial charge >= 0.3 is 0 Å². The fourth-order valence-electron chi connectivity index (χ4n) is 2.64. The number of benzene rings is 1. The molecule has 0 bridgehead atoms. The van der Waals surface area contributed by atoms with Crippen LogP contribution in [0.5, 0.6) is 5.75 Å². The molecule has 0 N–H and O–H groups in total. The van der Waals surface area contributed by atoms with Crippen molar-refractivity contribution in [2.75, 3.05) is 13.1 Å². The van der Waals surface area contributed by atoms with Gasteiger partial charge in [-0.1, -0.05) is 6.07 Å². The van der Waals surface area contributed by atoms with E-state index in [1.165, 1.54) is 4.31 Å². The Morgan fingerprint density at radius 1 is 1.13 bits per heavy atom. The second-order valence-electron chi connectivity index (χ2n) is 5.82. The number of aromatic nitrogens is 1. The third kappa shape index (κ3) is 3.38. The first-order valence-corrected chi connectivity index (χ1v) is 9.05. The number of hydrogen-bond acceptors (Lipinski definition) is 4. The molecule has 2 aromatic rings. The third-order valence-corrected chi connectivity index (χ3v) is 6.04. The van der Waals surface area contributed by atoms with E-state index in [-0.39, 0.29) is 6.10 Å². The van der Waals surface area contributed by atoms with Crippen molar-refractivity contribution >= 4 is 10.0 Å². The summed E-state index contributed by atoms with van der Waals surface area (Å²) in [6.45, 7) is 4.75. The molecule has 1 aliphatic heterocycles. The Balaban J connectivity index is 1.73. The third-order valence-electron chi connectivity index (χ3n) is 4.18. The fourth-order valence-corrected chi connectivity index (χ4v) is 4.22. The zero-order chi connectivity index (χ0) is 16.4. The van der Waals surface area contributed by atoms with Gasteiger partial charge in [0.2, 0.25) is 10.0 Å². The molecule has 1 aromatic carbocycles. The highest BCUT2D eigenvalue weighted by atomic mass is 32.2. The highest BCUT2D eigenvalue weighted by Gasteiger charge is 2.33. The minimum Gasteiger partial charge on any atom is -0.489 e.